The zero-order chi connectivity index (χ0) is 14.7. The van der Waals surface area contributed by atoms with Crippen molar-refractivity contribution < 1.29 is 4.79 Å². The summed E-state index contributed by atoms with van der Waals surface area (Å²) in [4.78, 5) is 15.1. The molecule has 2 N–H and O–H groups in total. The van der Waals surface area contributed by atoms with Gasteiger partial charge >= 0.3 is 0 Å². The van der Waals surface area contributed by atoms with E-state index in [4.69, 9.17) is 11.6 Å². The van der Waals surface area contributed by atoms with Crippen LogP contribution in [-0.4, -0.2) is 10.9 Å². The highest BCUT2D eigenvalue weighted by Crippen LogP contribution is 2.14. The molecule has 1 heterocycles. The summed E-state index contributed by atoms with van der Waals surface area (Å²) in [6, 6.07) is 15.5. The molecule has 4 heteroatoms. The number of amides is 1. The quantitative estimate of drug-likeness (QED) is 0.758. The number of hydrogen-bond donors (Lipinski definition) is 2. The smallest absolute Gasteiger partial charge is 0.224 e. The molecule has 1 amide bonds. The van der Waals surface area contributed by atoms with Crippen molar-refractivity contribution in [3.05, 3.63) is 70.9 Å². The normalized spacial score (nSPS) is 10.7. The molecule has 3 aromatic rings. The lowest BCUT2D eigenvalue weighted by Gasteiger charge is -2.06. The summed E-state index contributed by atoms with van der Waals surface area (Å²) in [5.74, 6) is 0.000816. The van der Waals surface area contributed by atoms with Gasteiger partial charge in [0.05, 0.1) is 6.42 Å². The molecule has 21 heavy (non-hydrogen) atoms. The summed E-state index contributed by atoms with van der Waals surface area (Å²) in [6.07, 6.45) is 2.27. The van der Waals surface area contributed by atoms with Crippen LogP contribution >= 0.6 is 11.6 Å². The number of carbonyl (C=O) groups is 1. The molecule has 0 aliphatic heterocycles. The summed E-state index contributed by atoms with van der Waals surface area (Å²) in [6.45, 7) is 0.490. The Kier molecular flexibility index (Phi) is 3.93. The van der Waals surface area contributed by atoms with Crippen LogP contribution in [0.2, 0.25) is 5.02 Å². The molecule has 0 saturated heterocycles. The Morgan fingerprint density at radius 1 is 1.10 bits per heavy atom. The molecular weight excluding hydrogens is 284 g/mol. The van der Waals surface area contributed by atoms with Gasteiger partial charge in [0, 0.05) is 23.3 Å². The van der Waals surface area contributed by atoms with Crippen LogP contribution in [0.5, 0.6) is 0 Å². The van der Waals surface area contributed by atoms with Gasteiger partial charge in [-0.25, -0.2) is 0 Å². The lowest BCUT2D eigenvalue weighted by molar-refractivity contribution is -0.120. The van der Waals surface area contributed by atoms with Gasteiger partial charge < -0.3 is 10.3 Å². The minimum Gasteiger partial charge on any atom is -0.361 e. The SMILES string of the molecule is O=C(Cc1ccc2cc[nH]c2c1)NCc1cccc(Cl)c1. The molecule has 0 aliphatic rings. The number of nitrogens with one attached hydrogen (secondary N) is 2. The molecule has 0 aliphatic carbocycles. The fourth-order valence-electron chi connectivity index (χ4n) is 2.30. The van der Waals surface area contributed by atoms with Gasteiger partial charge in [0.25, 0.3) is 0 Å². The molecule has 0 radical (unpaired) electrons. The van der Waals surface area contributed by atoms with Gasteiger partial charge in [-0.2, -0.15) is 0 Å². The van der Waals surface area contributed by atoms with E-state index in [2.05, 4.69) is 10.3 Å². The van der Waals surface area contributed by atoms with Gasteiger partial charge in [-0.3, -0.25) is 4.79 Å². The van der Waals surface area contributed by atoms with Crippen molar-refractivity contribution >= 4 is 28.4 Å². The van der Waals surface area contributed by atoms with E-state index in [0.717, 1.165) is 22.0 Å². The van der Waals surface area contributed by atoms with Crippen LogP contribution < -0.4 is 5.32 Å². The Labute approximate surface area is 127 Å². The first-order chi connectivity index (χ1) is 10.2. The van der Waals surface area contributed by atoms with E-state index >= 15 is 0 Å². The van der Waals surface area contributed by atoms with Crippen LogP contribution in [0.3, 0.4) is 0 Å². The average molecular weight is 299 g/mol. The number of rotatable bonds is 4. The van der Waals surface area contributed by atoms with Gasteiger partial charge in [0.2, 0.25) is 5.91 Å². The Morgan fingerprint density at radius 2 is 2.00 bits per heavy atom. The van der Waals surface area contributed by atoms with E-state index in [0.29, 0.717) is 18.0 Å². The van der Waals surface area contributed by atoms with Crippen LogP contribution in [-0.2, 0) is 17.8 Å². The standard InChI is InChI=1S/C17H15ClN2O/c18-15-3-1-2-13(8-15)11-20-17(21)10-12-4-5-14-6-7-19-16(14)9-12/h1-9,19H,10-11H2,(H,20,21). The first-order valence-corrected chi connectivity index (χ1v) is 7.16. The Hall–Kier alpha value is -2.26. The molecule has 0 saturated carbocycles. The van der Waals surface area contributed by atoms with Crippen molar-refractivity contribution in [2.24, 2.45) is 0 Å². The molecule has 2 aromatic carbocycles. The third-order valence-corrected chi connectivity index (χ3v) is 3.60. The van der Waals surface area contributed by atoms with Crippen molar-refractivity contribution in [3.63, 3.8) is 0 Å². The number of benzene rings is 2. The molecule has 0 spiro atoms. The number of H-pyrrole nitrogens is 1. The maximum atomic E-state index is 12.0. The third-order valence-electron chi connectivity index (χ3n) is 3.36. The minimum atomic E-state index is 0.000816. The highest BCUT2D eigenvalue weighted by molar-refractivity contribution is 6.30. The topological polar surface area (TPSA) is 44.9 Å². The average Bonchev–Trinajstić information content (AvgIpc) is 2.93. The molecule has 0 atom stereocenters. The Balaban J connectivity index is 1.60. The van der Waals surface area contributed by atoms with Gasteiger partial charge in [0.15, 0.2) is 0 Å². The van der Waals surface area contributed by atoms with E-state index < -0.39 is 0 Å². The zero-order valence-corrected chi connectivity index (χ0v) is 12.2. The summed E-state index contributed by atoms with van der Waals surface area (Å²) >= 11 is 5.92. The van der Waals surface area contributed by atoms with E-state index in [1.165, 1.54) is 0 Å². The number of aromatic amines is 1. The highest BCUT2D eigenvalue weighted by Gasteiger charge is 2.05. The molecule has 0 unspecified atom stereocenters. The lowest BCUT2D eigenvalue weighted by atomic mass is 10.1. The summed E-state index contributed by atoms with van der Waals surface area (Å²) in [5, 5.41) is 4.74. The maximum Gasteiger partial charge on any atom is 0.224 e. The van der Waals surface area contributed by atoms with E-state index in [9.17, 15) is 4.79 Å². The van der Waals surface area contributed by atoms with E-state index in [1.807, 2.05) is 54.7 Å². The third kappa shape index (κ3) is 3.44. The van der Waals surface area contributed by atoms with Crippen LogP contribution in [0.1, 0.15) is 11.1 Å². The maximum absolute atomic E-state index is 12.0. The second-order valence-corrected chi connectivity index (χ2v) is 5.42. The Bertz CT molecular complexity index is 779. The summed E-state index contributed by atoms with van der Waals surface area (Å²) in [5.41, 5.74) is 3.04. The fourth-order valence-corrected chi connectivity index (χ4v) is 2.51. The number of fused-ring (bicyclic) bond motifs is 1. The lowest BCUT2D eigenvalue weighted by Crippen LogP contribution is -2.24. The number of aromatic nitrogens is 1. The summed E-state index contributed by atoms with van der Waals surface area (Å²) < 4.78 is 0. The molecule has 1 aromatic heterocycles. The minimum absolute atomic E-state index is 0.000816. The number of halogens is 1. The molecule has 0 fully saturated rings. The highest BCUT2D eigenvalue weighted by atomic mass is 35.5. The summed E-state index contributed by atoms with van der Waals surface area (Å²) in [7, 11) is 0. The molecule has 106 valence electrons. The van der Waals surface area contributed by atoms with E-state index in [-0.39, 0.29) is 5.91 Å². The zero-order valence-electron chi connectivity index (χ0n) is 11.4. The van der Waals surface area contributed by atoms with Crippen LogP contribution in [0.4, 0.5) is 0 Å². The van der Waals surface area contributed by atoms with Crippen molar-refractivity contribution in [3.8, 4) is 0 Å². The predicted molar refractivity (Wildman–Crippen MR) is 85.3 cm³/mol. The molecule has 3 nitrogen and oxygen atoms in total. The van der Waals surface area contributed by atoms with Crippen molar-refractivity contribution in [2.75, 3.05) is 0 Å². The molecular formula is C17H15ClN2O. The predicted octanol–water partition coefficient (Wildman–Crippen LogP) is 3.68. The van der Waals surface area contributed by atoms with Gasteiger partial charge in [0.1, 0.15) is 0 Å². The van der Waals surface area contributed by atoms with Gasteiger partial charge in [-0.05, 0) is 40.8 Å². The second kappa shape index (κ2) is 6.02. The van der Waals surface area contributed by atoms with E-state index in [1.54, 1.807) is 0 Å². The van der Waals surface area contributed by atoms with Crippen LogP contribution in [0.25, 0.3) is 10.9 Å². The van der Waals surface area contributed by atoms with Crippen LogP contribution in [0, 0.1) is 0 Å². The number of carbonyl (C=O) groups excluding carboxylic acids is 1. The molecule has 0 bridgehead atoms. The van der Waals surface area contributed by atoms with Gasteiger partial charge in [-0.15, -0.1) is 0 Å². The van der Waals surface area contributed by atoms with Crippen molar-refractivity contribution in [1.29, 1.82) is 0 Å². The number of hydrogen-bond acceptors (Lipinski definition) is 1. The monoisotopic (exact) mass is 298 g/mol. The first-order valence-electron chi connectivity index (χ1n) is 6.78. The second-order valence-electron chi connectivity index (χ2n) is 4.98. The fraction of sp³-hybridized carbons (Fsp3) is 0.118. The largest absolute Gasteiger partial charge is 0.361 e. The Morgan fingerprint density at radius 3 is 2.86 bits per heavy atom. The van der Waals surface area contributed by atoms with Gasteiger partial charge in [-0.1, -0.05) is 35.9 Å². The van der Waals surface area contributed by atoms with Crippen molar-refractivity contribution in [1.82, 2.24) is 10.3 Å². The molecule has 3 rings (SSSR count). The van der Waals surface area contributed by atoms with Crippen LogP contribution in [0.15, 0.2) is 54.7 Å². The first kappa shape index (κ1) is 13.7. The van der Waals surface area contributed by atoms with Crippen molar-refractivity contribution in [2.45, 2.75) is 13.0 Å².